The van der Waals surface area contributed by atoms with Gasteiger partial charge in [-0.1, -0.05) is 23.7 Å². The van der Waals surface area contributed by atoms with Crippen molar-refractivity contribution in [2.75, 3.05) is 5.73 Å². The maximum absolute atomic E-state index is 5.98. The Hall–Kier alpha value is -0.940. The van der Waals surface area contributed by atoms with Gasteiger partial charge in [0.05, 0.1) is 14.3 Å². The Balaban J connectivity index is 2.37. The molecule has 4 heteroatoms. The van der Waals surface area contributed by atoms with Crippen LogP contribution in [0.2, 0.25) is 5.02 Å². The molecule has 0 unspecified atom stereocenters. The van der Waals surface area contributed by atoms with Gasteiger partial charge in [0.2, 0.25) is 0 Å². The van der Waals surface area contributed by atoms with Crippen molar-refractivity contribution in [2.24, 2.45) is 0 Å². The van der Waals surface area contributed by atoms with Crippen LogP contribution in [-0.2, 0) is 0 Å². The van der Waals surface area contributed by atoms with Crippen molar-refractivity contribution < 1.29 is 4.74 Å². The zero-order valence-electron chi connectivity index (χ0n) is 9.21. The second-order valence-corrected chi connectivity index (χ2v) is 5.24. The lowest BCUT2D eigenvalue weighted by Gasteiger charge is -2.11. The van der Waals surface area contributed by atoms with E-state index < -0.39 is 0 Å². The molecule has 88 valence electrons. The van der Waals surface area contributed by atoms with E-state index in [9.17, 15) is 0 Å². The molecule has 0 aliphatic rings. The lowest BCUT2D eigenvalue weighted by molar-refractivity contribution is 0.475. The molecule has 2 nitrogen and oxygen atoms in total. The monoisotopic (exact) mass is 359 g/mol. The molecule has 0 radical (unpaired) electrons. The number of anilines is 1. The quantitative estimate of drug-likeness (QED) is 0.627. The Kier molecular flexibility index (Phi) is 3.79. The summed E-state index contributed by atoms with van der Waals surface area (Å²) in [4.78, 5) is 0. The summed E-state index contributed by atoms with van der Waals surface area (Å²) in [6.45, 7) is 1.94. The topological polar surface area (TPSA) is 35.2 Å². The Morgan fingerprint density at radius 3 is 2.59 bits per heavy atom. The van der Waals surface area contributed by atoms with E-state index in [1.54, 1.807) is 6.07 Å². The highest BCUT2D eigenvalue weighted by atomic mass is 127. The minimum Gasteiger partial charge on any atom is -0.456 e. The third-order valence-electron chi connectivity index (χ3n) is 2.35. The van der Waals surface area contributed by atoms with Crippen LogP contribution >= 0.6 is 34.2 Å². The van der Waals surface area contributed by atoms with E-state index in [0.29, 0.717) is 10.7 Å². The van der Waals surface area contributed by atoms with Gasteiger partial charge in [0.15, 0.2) is 0 Å². The summed E-state index contributed by atoms with van der Waals surface area (Å²) in [5.41, 5.74) is 7.26. The standard InChI is InChI=1S/C13H11ClINO/c1-8-6-11(16)9(14)7-13(8)17-12-5-3-2-4-10(12)15/h2-7H,16H2,1H3. The first kappa shape index (κ1) is 12.5. The molecular formula is C13H11ClINO. The molecule has 0 amide bonds. The van der Waals surface area contributed by atoms with Crippen molar-refractivity contribution in [1.82, 2.24) is 0 Å². The first-order chi connectivity index (χ1) is 8.08. The van der Waals surface area contributed by atoms with Crippen LogP contribution in [0.3, 0.4) is 0 Å². The van der Waals surface area contributed by atoms with E-state index in [1.165, 1.54) is 0 Å². The second-order valence-electron chi connectivity index (χ2n) is 3.67. The molecule has 0 saturated carbocycles. The molecule has 0 aromatic heterocycles. The van der Waals surface area contributed by atoms with Crippen LogP contribution < -0.4 is 10.5 Å². The maximum atomic E-state index is 5.98. The van der Waals surface area contributed by atoms with Crippen LogP contribution in [0.5, 0.6) is 11.5 Å². The molecule has 0 fully saturated rings. The zero-order valence-corrected chi connectivity index (χ0v) is 12.1. The average Bonchev–Trinajstić information content (AvgIpc) is 2.29. The van der Waals surface area contributed by atoms with Gasteiger partial charge in [-0.25, -0.2) is 0 Å². The molecule has 17 heavy (non-hydrogen) atoms. The summed E-state index contributed by atoms with van der Waals surface area (Å²) in [5.74, 6) is 1.55. The van der Waals surface area contributed by atoms with Crippen LogP contribution in [-0.4, -0.2) is 0 Å². The minimum absolute atomic E-state index is 0.511. The van der Waals surface area contributed by atoms with Crippen LogP contribution in [0.15, 0.2) is 36.4 Å². The Morgan fingerprint density at radius 1 is 1.18 bits per heavy atom. The fourth-order valence-corrected chi connectivity index (χ4v) is 2.09. The number of halogens is 2. The molecule has 2 aromatic rings. The predicted molar refractivity (Wildman–Crippen MR) is 79.8 cm³/mol. The van der Waals surface area contributed by atoms with Crippen molar-refractivity contribution >= 4 is 39.9 Å². The van der Waals surface area contributed by atoms with Crippen LogP contribution in [0.25, 0.3) is 0 Å². The van der Waals surface area contributed by atoms with Crippen LogP contribution in [0.4, 0.5) is 5.69 Å². The van der Waals surface area contributed by atoms with Gasteiger partial charge < -0.3 is 10.5 Å². The number of rotatable bonds is 2. The van der Waals surface area contributed by atoms with Gasteiger partial charge >= 0.3 is 0 Å². The first-order valence-corrected chi connectivity index (χ1v) is 6.51. The number of nitrogen functional groups attached to an aromatic ring is 1. The third-order valence-corrected chi connectivity index (χ3v) is 3.57. The van der Waals surface area contributed by atoms with Crippen molar-refractivity contribution in [3.63, 3.8) is 0 Å². The number of ether oxygens (including phenoxy) is 1. The molecule has 2 aromatic carbocycles. The summed E-state index contributed by atoms with van der Waals surface area (Å²) in [6.07, 6.45) is 0. The van der Waals surface area contributed by atoms with Crippen molar-refractivity contribution in [2.45, 2.75) is 6.92 Å². The largest absolute Gasteiger partial charge is 0.456 e. The first-order valence-electron chi connectivity index (χ1n) is 5.06. The highest BCUT2D eigenvalue weighted by molar-refractivity contribution is 14.1. The number of nitrogens with two attached hydrogens (primary N) is 1. The summed E-state index contributed by atoms with van der Waals surface area (Å²) < 4.78 is 6.88. The summed E-state index contributed by atoms with van der Waals surface area (Å²) in [5, 5.41) is 0.511. The second kappa shape index (κ2) is 5.14. The van der Waals surface area contributed by atoms with Gasteiger partial charge in [0.1, 0.15) is 11.5 Å². The van der Waals surface area contributed by atoms with Crippen molar-refractivity contribution in [1.29, 1.82) is 0 Å². The molecule has 0 spiro atoms. The summed E-state index contributed by atoms with van der Waals surface area (Å²) in [6, 6.07) is 11.4. The smallest absolute Gasteiger partial charge is 0.140 e. The van der Waals surface area contributed by atoms with Gasteiger partial charge in [0, 0.05) is 6.07 Å². The number of hydrogen-bond donors (Lipinski definition) is 1. The lowest BCUT2D eigenvalue weighted by Crippen LogP contribution is -1.93. The van der Waals surface area contributed by atoms with Gasteiger partial charge in [-0.05, 0) is 53.3 Å². The molecule has 0 bridgehead atoms. The normalized spacial score (nSPS) is 10.3. The number of aryl methyl sites for hydroxylation is 1. The Labute approximate surface area is 119 Å². The number of benzene rings is 2. The number of hydrogen-bond acceptors (Lipinski definition) is 2. The lowest BCUT2D eigenvalue weighted by atomic mass is 10.2. The molecule has 0 saturated heterocycles. The highest BCUT2D eigenvalue weighted by Crippen LogP contribution is 2.33. The van der Waals surface area contributed by atoms with Crippen LogP contribution in [0.1, 0.15) is 5.56 Å². The van der Waals surface area contributed by atoms with E-state index in [2.05, 4.69) is 22.6 Å². The molecular weight excluding hydrogens is 349 g/mol. The highest BCUT2D eigenvalue weighted by Gasteiger charge is 2.07. The SMILES string of the molecule is Cc1cc(N)c(Cl)cc1Oc1ccccc1I. The summed E-state index contributed by atoms with van der Waals surface area (Å²) in [7, 11) is 0. The fourth-order valence-electron chi connectivity index (χ4n) is 1.44. The zero-order chi connectivity index (χ0) is 12.4. The molecule has 0 aliphatic heterocycles. The van der Waals surface area contributed by atoms with E-state index >= 15 is 0 Å². The minimum atomic E-state index is 0.511. The molecule has 2 rings (SSSR count). The molecule has 0 heterocycles. The Morgan fingerprint density at radius 2 is 1.88 bits per heavy atom. The predicted octanol–water partition coefficient (Wildman–Crippen LogP) is 4.63. The van der Waals surface area contributed by atoms with E-state index in [0.717, 1.165) is 20.6 Å². The van der Waals surface area contributed by atoms with Gasteiger partial charge in [0.25, 0.3) is 0 Å². The van der Waals surface area contributed by atoms with Gasteiger partial charge in [-0.3, -0.25) is 0 Å². The van der Waals surface area contributed by atoms with E-state index in [-0.39, 0.29) is 0 Å². The van der Waals surface area contributed by atoms with Crippen LogP contribution in [0, 0.1) is 10.5 Å². The van der Waals surface area contributed by atoms with Gasteiger partial charge in [-0.15, -0.1) is 0 Å². The average molecular weight is 360 g/mol. The fraction of sp³-hybridized carbons (Fsp3) is 0.0769. The molecule has 0 atom stereocenters. The third kappa shape index (κ3) is 2.84. The Bertz CT molecular complexity index is 557. The van der Waals surface area contributed by atoms with Gasteiger partial charge in [-0.2, -0.15) is 0 Å². The van der Waals surface area contributed by atoms with Crippen molar-refractivity contribution in [3.8, 4) is 11.5 Å². The van der Waals surface area contributed by atoms with Crippen molar-refractivity contribution in [3.05, 3.63) is 50.6 Å². The number of para-hydroxylation sites is 1. The van der Waals surface area contributed by atoms with E-state index in [1.807, 2.05) is 37.3 Å². The van der Waals surface area contributed by atoms with E-state index in [4.69, 9.17) is 22.1 Å². The molecule has 0 aliphatic carbocycles. The maximum Gasteiger partial charge on any atom is 0.140 e. The summed E-state index contributed by atoms with van der Waals surface area (Å²) >= 11 is 8.22. The molecule has 2 N–H and O–H groups in total.